The molecule has 0 heterocycles. The van der Waals surface area contributed by atoms with Crippen molar-refractivity contribution in [2.45, 2.75) is 6.92 Å². The molecule has 0 radical (unpaired) electrons. The summed E-state index contributed by atoms with van der Waals surface area (Å²) in [5.41, 5.74) is 8.73. The van der Waals surface area contributed by atoms with Crippen molar-refractivity contribution in [1.29, 1.82) is 0 Å². The van der Waals surface area contributed by atoms with E-state index in [2.05, 4.69) is 21.2 Å². The summed E-state index contributed by atoms with van der Waals surface area (Å²) in [5, 5.41) is 2.87. The number of amides is 1. The highest BCUT2D eigenvalue weighted by Gasteiger charge is 2.09. The van der Waals surface area contributed by atoms with Gasteiger partial charge in [0.05, 0.1) is 0 Å². The standard InChI is InChI=1S/C14H13BrN2O/c1-9-12(8-7-11(16)13(9)15)17-14(18)10-5-3-2-4-6-10/h2-8H,16H2,1H3,(H,17,18). The van der Waals surface area contributed by atoms with Crippen LogP contribution in [-0.2, 0) is 0 Å². The van der Waals surface area contributed by atoms with E-state index in [0.717, 1.165) is 15.7 Å². The topological polar surface area (TPSA) is 55.1 Å². The number of anilines is 2. The summed E-state index contributed by atoms with van der Waals surface area (Å²) in [4.78, 5) is 12.0. The van der Waals surface area contributed by atoms with Crippen LogP contribution in [0.2, 0.25) is 0 Å². The maximum atomic E-state index is 12.0. The second kappa shape index (κ2) is 5.23. The van der Waals surface area contributed by atoms with Crippen LogP contribution in [0.25, 0.3) is 0 Å². The molecule has 18 heavy (non-hydrogen) atoms. The third-order valence-electron chi connectivity index (χ3n) is 2.70. The van der Waals surface area contributed by atoms with Crippen LogP contribution in [0.4, 0.5) is 11.4 Å². The van der Waals surface area contributed by atoms with Crippen LogP contribution in [0.1, 0.15) is 15.9 Å². The van der Waals surface area contributed by atoms with Gasteiger partial charge in [0.2, 0.25) is 0 Å². The van der Waals surface area contributed by atoms with Crippen molar-refractivity contribution in [2.24, 2.45) is 0 Å². The molecule has 0 atom stereocenters. The molecular weight excluding hydrogens is 292 g/mol. The van der Waals surface area contributed by atoms with E-state index in [9.17, 15) is 4.79 Å². The van der Waals surface area contributed by atoms with Gasteiger partial charge < -0.3 is 11.1 Å². The van der Waals surface area contributed by atoms with Crippen molar-refractivity contribution in [3.63, 3.8) is 0 Å². The lowest BCUT2D eigenvalue weighted by atomic mass is 10.1. The van der Waals surface area contributed by atoms with Gasteiger partial charge in [0.1, 0.15) is 0 Å². The molecule has 1 amide bonds. The van der Waals surface area contributed by atoms with Crippen LogP contribution in [0.15, 0.2) is 46.9 Å². The van der Waals surface area contributed by atoms with Gasteiger partial charge in [0.15, 0.2) is 0 Å². The number of nitrogens with one attached hydrogen (secondary N) is 1. The van der Waals surface area contributed by atoms with Crippen molar-refractivity contribution in [2.75, 3.05) is 11.1 Å². The van der Waals surface area contributed by atoms with E-state index in [-0.39, 0.29) is 5.91 Å². The molecule has 2 aromatic carbocycles. The van der Waals surface area contributed by atoms with E-state index in [0.29, 0.717) is 11.3 Å². The van der Waals surface area contributed by atoms with Crippen molar-refractivity contribution in [3.05, 3.63) is 58.1 Å². The SMILES string of the molecule is Cc1c(NC(=O)c2ccccc2)ccc(N)c1Br. The fourth-order valence-electron chi connectivity index (χ4n) is 1.63. The number of nitrogens with two attached hydrogens (primary N) is 1. The Bertz CT molecular complexity index is 582. The van der Waals surface area contributed by atoms with E-state index < -0.39 is 0 Å². The van der Waals surface area contributed by atoms with Crippen molar-refractivity contribution in [3.8, 4) is 0 Å². The Hall–Kier alpha value is -1.81. The maximum Gasteiger partial charge on any atom is 0.255 e. The summed E-state index contributed by atoms with van der Waals surface area (Å²) in [6.45, 7) is 1.90. The van der Waals surface area contributed by atoms with Crippen LogP contribution in [0.3, 0.4) is 0 Å². The molecule has 0 saturated carbocycles. The van der Waals surface area contributed by atoms with Gasteiger partial charge in [-0.15, -0.1) is 0 Å². The Morgan fingerprint density at radius 1 is 1.17 bits per heavy atom. The van der Waals surface area contributed by atoms with Crippen molar-refractivity contribution < 1.29 is 4.79 Å². The number of halogens is 1. The third kappa shape index (κ3) is 2.54. The Kier molecular flexibility index (Phi) is 3.67. The third-order valence-corrected chi connectivity index (χ3v) is 3.75. The number of hydrogen-bond donors (Lipinski definition) is 2. The van der Waals surface area contributed by atoms with Crippen LogP contribution < -0.4 is 11.1 Å². The van der Waals surface area contributed by atoms with E-state index in [1.165, 1.54) is 0 Å². The molecule has 2 aromatic rings. The summed E-state index contributed by atoms with van der Waals surface area (Å²) < 4.78 is 0.813. The summed E-state index contributed by atoms with van der Waals surface area (Å²) in [6, 6.07) is 12.7. The normalized spacial score (nSPS) is 10.1. The molecule has 2 rings (SSSR count). The Morgan fingerprint density at radius 3 is 2.50 bits per heavy atom. The fourth-order valence-corrected chi connectivity index (χ4v) is 1.97. The Labute approximate surface area is 114 Å². The molecule has 3 N–H and O–H groups in total. The number of carbonyl (C=O) groups is 1. The number of hydrogen-bond acceptors (Lipinski definition) is 2. The number of rotatable bonds is 2. The molecule has 92 valence electrons. The first kappa shape index (κ1) is 12.6. The van der Waals surface area contributed by atoms with Gasteiger partial charge >= 0.3 is 0 Å². The van der Waals surface area contributed by atoms with Gasteiger partial charge in [-0.1, -0.05) is 18.2 Å². The minimum absolute atomic E-state index is 0.129. The fraction of sp³-hybridized carbons (Fsp3) is 0.0714. The van der Waals surface area contributed by atoms with Gasteiger partial charge in [-0.3, -0.25) is 4.79 Å². The summed E-state index contributed by atoms with van der Waals surface area (Å²) in [5.74, 6) is -0.129. The van der Waals surface area contributed by atoms with Crippen LogP contribution >= 0.6 is 15.9 Å². The van der Waals surface area contributed by atoms with E-state index in [4.69, 9.17) is 5.73 Å². The van der Waals surface area contributed by atoms with E-state index >= 15 is 0 Å². The predicted octanol–water partition coefficient (Wildman–Crippen LogP) is 3.59. The second-order valence-electron chi connectivity index (χ2n) is 3.96. The van der Waals surface area contributed by atoms with Gasteiger partial charge in [-0.2, -0.15) is 0 Å². The van der Waals surface area contributed by atoms with Crippen LogP contribution in [0.5, 0.6) is 0 Å². The second-order valence-corrected chi connectivity index (χ2v) is 4.75. The van der Waals surface area contributed by atoms with E-state index in [1.807, 2.05) is 25.1 Å². The molecule has 4 heteroatoms. The number of carbonyl (C=O) groups excluding carboxylic acids is 1. The molecule has 3 nitrogen and oxygen atoms in total. The predicted molar refractivity (Wildman–Crippen MR) is 77.7 cm³/mol. The zero-order valence-corrected chi connectivity index (χ0v) is 11.5. The lowest BCUT2D eigenvalue weighted by Gasteiger charge is -2.11. The highest BCUT2D eigenvalue weighted by molar-refractivity contribution is 9.10. The first-order valence-corrected chi connectivity index (χ1v) is 6.30. The van der Waals surface area contributed by atoms with Gasteiger partial charge in [-0.25, -0.2) is 0 Å². The summed E-state index contributed by atoms with van der Waals surface area (Å²) in [7, 11) is 0. The quantitative estimate of drug-likeness (QED) is 0.833. The van der Waals surface area contributed by atoms with E-state index in [1.54, 1.807) is 24.3 Å². The molecule has 0 spiro atoms. The van der Waals surface area contributed by atoms with Crippen molar-refractivity contribution >= 4 is 33.2 Å². The largest absolute Gasteiger partial charge is 0.398 e. The zero-order valence-electron chi connectivity index (χ0n) is 9.91. The molecule has 0 unspecified atom stereocenters. The Morgan fingerprint density at radius 2 is 1.83 bits per heavy atom. The average molecular weight is 305 g/mol. The van der Waals surface area contributed by atoms with Gasteiger partial charge in [0.25, 0.3) is 5.91 Å². The molecule has 0 aliphatic carbocycles. The van der Waals surface area contributed by atoms with Crippen LogP contribution in [0, 0.1) is 6.92 Å². The molecule has 0 aromatic heterocycles. The minimum atomic E-state index is -0.129. The highest BCUT2D eigenvalue weighted by Crippen LogP contribution is 2.29. The average Bonchev–Trinajstić information content (AvgIpc) is 2.40. The van der Waals surface area contributed by atoms with Crippen molar-refractivity contribution in [1.82, 2.24) is 0 Å². The maximum absolute atomic E-state index is 12.0. The number of nitrogen functional groups attached to an aromatic ring is 1. The summed E-state index contributed by atoms with van der Waals surface area (Å²) in [6.07, 6.45) is 0. The molecule has 0 aliphatic heterocycles. The Balaban J connectivity index is 2.26. The van der Waals surface area contributed by atoms with Gasteiger partial charge in [-0.05, 0) is 52.7 Å². The zero-order chi connectivity index (χ0) is 13.1. The number of benzene rings is 2. The molecule has 0 bridgehead atoms. The first-order chi connectivity index (χ1) is 8.59. The highest BCUT2D eigenvalue weighted by atomic mass is 79.9. The first-order valence-electron chi connectivity index (χ1n) is 5.50. The lowest BCUT2D eigenvalue weighted by Crippen LogP contribution is -2.12. The molecular formula is C14H13BrN2O. The summed E-state index contributed by atoms with van der Waals surface area (Å²) >= 11 is 3.40. The molecule has 0 fully saturated rings. The molecule has 0 saturated heterocycles. The smallest absolute Gasteiger partial charge is 0.255 e. The lowest BCUT2D eigenvalue weighted by molar-refractivity contribution is 0.102. The minimum Gasteiger partial charge on any atom is -0.398 e. The monoisotopic (exact) mass is 304 g/mol. The van der Waals surface area contributed by atoms with Crippen LogP contribution in [-0.4, -0.2) is 5.91 Å². The van der Waals surface area contributed by atoms with Gasteiger partial charge in [0, 0.05) is 21.4 Å². The molecule has 0 aliphatic rings.